The summed E-state index contributed by atoms with van der Waals surface area (Å²) < 4.78 is 5.85. The maximum atomic E-state index is 13.4. The summed E-state index contributed by atoms with van der Waals surface area (Å²) in [7, 11) is -1.75. The molecule has 38 heavy (non-hydrogen) atoms. The van der Waals surface area contributed by atoms with Gasteiger partial charge in [0.15, 0.2) is 0 Å². The van der Waals surface area contributed by atoms with Crippen LogP contribution in [-0.2, 0) is 9.63 Å². The van der Waals surface area contributed by atoms with Gasteiger partial charge in [-0.2, -0.15) is 0 Å². The van der Waals surface area contributed by atoms with E-state index in [2.05, 4.69) is 20.8 Å². The minimum Gasteiger partial charge on any atom is -0.489 e. The van der Waals surface area contributed by atoms with Gasteiger partial charge in [-0.05, 0) is 35.9 Å². The molecular formula is C27H31BN4O6. The summed E-state index contributed by atoms with van der Waals surface area (Å²) in [6.07, 6.45) is 1.96. The highest BCUT2D eigenvalue weighted by molar-refractivity contribution is 6.43. The standard InChI is InChI=1S/C27H31BN4O6/c1-18(2)14-23(28(35)36)31-26(34)27(17-37-21-9-4-3-5-10-21)15-20(32-38-27)16-30-25(33)24-22-11-7-6-8-19(22)12-13-29-24/h3-13,18,23,35-36H,14-17H2,1-2H3,(H,30,33)(H,31,34). The summed E-state index contributed by atoms with van der Waals surface area (Å²) in [5, 5.41) is 30.8. The fourth-order valence-electron chi connectivity index (χ4n) is 4.25. The maximum Gasteiger partial charge on any atom is 0.475 e. The van der Waals surface area contributed by atoms with Gasteiger partial charge >= 0.3 is 7.12 Å². The number of rotatable bonds is 11. The van der Waals surface area contributed by atoms with E-state index in [-0.39, 0.29) is 37.1 Å². The molecule has 0 bridgehead atoms. The fourth-order valence-corrected chi connectivity index (χ4v) is 4.25. The van der Waals surface area contributed by atoms with E-state index >= 15 is 0 Å². The van der Waals surface area contributed by atoms with Crippen LogP contribution in [0.5, 0.6) is 5.75 Å². The topological polar surface area (TPSA) is 142 Å². The van der Waals surface area contributed by atoms with Crippen molar-refractivity contribution in [3.8, 4) is 5.75 Å². The highest BCUT2D eigenvalue weighted by Gasteiger charge is 2.49. The molecule has 0 spiro atoms. The van der Waals surface area contributed by atoms with Crippen molar-refractivity contribution >= 4 is 35.4 Å². The Labute approximate surface area is 221 Å². The predicted molar refractivity (Wildman–Crippen MR) is 143 cm³/mol. The van der Waals surface area contributed by atoms with Gasteiger partial charge in [0, 0.05) is 18.0 Å². The van der Waals surface area contributed by atoms with Crippen molar-refractivity contribution in [3.05, 3.63) is 72.6 Å². The smallest absolute Gasteiger partial charge is 0.475 e. The van der Waals surface area contributed by atoms with Crippen molar-refractivity contribution in [3.63, 3.8) is 0 Å². The summed E-state index contributed by atoms with van der Waals surface area (Å²) in [5.74, 6) is -1.23. The molecule has 0 radical (unpaired) electrons. The largest absolute Gasteiger partial charge is 0.489 e. The van der Waals surface area contributed by atoms with E-state index in [0.29, 0.717) is 17.9 Å². The summed E-state index contributed by atoms with van der Waals surface area (Å²) in [6, 6.07) is 18.2. The Morgan fingerprint density at radius 1 is 1.11 bits per heavy atom. The number of hydrogen-bond acceptors (Lipinski definition) is 8. The number of nitrogens with one attached hydrogen (secondary N) is 2. The van der Waals surface area contributed by atoms with Crippen LogP contribution < -0.4 is 15.4 Å². The van der Waals surface area contributed by atoms with Crippen molar-refractivity contribution in [2.24, 2.45) is 11.1 Å². The first-order valence-corrected chi connectivity index (χ1v) is 12.5. The quantitative estimate of drug-likeness (QED) is 0.285. The van der Waals surface area contributed by atoms with Crippen molar-refractivity contribution in [1.29, 1.82) is 0 Å². The molecule has 198 valence electrons. The number of carbonyl (C=O) groups is 2. The Bertz CT molecular complexity index is 1300. The lowest BCUT2D eigenvalue weighted by atomic mass is 9.74. The number of oxime groups is 1. The van der Waals surface area contributed by atoms with Gasteiger partial charge in [-0.3, -0.25) is 14.6 Å². The number of ether oxygens (including phenoxy) is 1. The van der Waals surface area contributed by atoms with Gasteiger partial charge in [0.05, 0.1) is 18.2 Å². The zero-order valence-corrected chi connectivity index (χ0v) is 21.3. The van der Waals surface area contributed by atoms with Crippen LogP contribution in [0.2, 0.25) is 0 Å². The second-order valence-electron chi connectivity index (χ2n) is 9.71. The van der Waals surface area contributed by atoms with Crippen LogP contribution >= 0.6 is 0 Å². The second kappa shape index (κ2) is 12.1. The number of fused-ring (bicyclic) bond motifs is 1. The molecule has 0 saturated carbocycles. The number of hydrogen-bond donors (Lipinski definition) is 4. The highest BCUT2D eigenvalue weighted by atomic mass is 16.7. The average Bonchev–Trinajstić information content (AvgIpc) is 3.35. The molecule has 11 heteroatoms. The van der Waals surface area contributed by atoms with Crippen molar-refractivity contribution in [2.45, 2.75) is 38.2 Å². The molecular weight excluding hydrogens is 487 g/mol. The molecule has 2 aromatic carbocycles. The summed E-state index contributed by atoms with van der Waals surface area (Å²) in [4.78, 5) is 36.2. The molecule has 2 amide bonds. The van der Waals surface area contributed by atoms with Crippen LogP contribution in [0.25, 0.3) is 10.8 Å². The van der Waals surface area contributed by atoms with E-state index in [1.54, 1.807) is 30.5 Å². The molecule has 3 aromatic rings. The van der Waals surface area contributed by atoms with Gasteiger partial charge in [-0.1, -0.05) is 61.5 Å². The number of amides is 2. The third kappa shape index (κ3) is 6.48. The second-order valence-corrected chi connectivity index (χ2v) is 9.71. The van der Waals surface area contributed by atoms with Gasteiger partial charge in [0.25, 0.3) is 17.4 Å². The molecule has 0 saturated heterocycles. The molecule has 0 fully saturated rings. The maximum absolute atomic E-state index is 13.4. The van der Waals surface area contributed by atoms with Gasteiger partial charge in [0.1, 0.15) is 18.1 Å². The van der Waals surface area contributed by atoms with Crippen LogP contribution in [0, 0.1) is 5.92 Å². The Balaban J connectivity index is 1.46. The van der Waals surface area contributed by atoms with Gasteiger partial charge < -0.3 is 30.3 Å². The lowest BCUT2D eigenvalue weighted by Gasteiger charge is -2.28. The van der Waals surface area contributed by atoms with Crippen molar-refractivity contribution in [2.75, 3.05) is 13.2 Å². The van der Waals surface area contributed by atoms with E-state index in [1.807, 2.05) is 50.2 Å². The van der Waals surface area contributed by atoms with E-state index < -0.39 is 24.6 Å². The fraction of sp³-hybridized carbons (Fsp3) is 0.333. The number of benzene rings is 2. The molecule has 0 aliphatic carbocycles. The van der Waals surface area contributed by atoms with Crippen molar-refractivity contribution in [1.82, 2.24) is 15.6 Å². The van der Waals surface area contributed by atoms with Crippen LogP contribution in [0.4, 0.5) is 0 Å². The summed E-state index contributed by atoms with van der Waals surface area (Å²) >= 11 is 0. The molecule has 2 atom stereocenters. The number of nitrogens with zero attached hydrogens (tertiary/aromatic N) is 2. The molecule has 2 unspecified atom stereocenters. The molecule has 1 aliphatic rings. The molecule has 10 nitrogen and oxygen atoms in total. The van der Waals surface area contributed by atoms with Crippen molar-refractivity contribution < 1.29 is 29.2 Å². The third-order valence-corrected chi connectivity index (χ3v) is 6.21. The SMILES string of the molecule is CC(C)CC(NC(=O)C1(COc2ccccc2)CC(CNC(=O)c2nccc3ccccc23)=NO1)B(O)O. The van der Waals surface area contributed by atoms with E-state index in [4.69, 9.17) is 9.57 Å². The highest BCUT2D eigenvalue weighted by Crippen LogP contribution is 2.27. The summed E-state index contributed by atoms with van der Waals surface area (Å²) in [6.45, 7) is 3.68. The monoisotopic (exact) mass is 518 g/mol. The van der Waals surface area contributed by atoms with Gasteiger partial charge in [-0.15, -0.1) is 0 Å². The van der Waals surface area contributed by atoms with Crippen LogP contribution in [0.1, 0.15) is 37.2 Å². The van der Waals surface area contributed by atoms with Gasteiger partial charge in [-0.25, -0.2) is 0 Å². The Morgan fingerprint density at radius 3 is 2.58 bits per heavy atom. The lowest BCUT2D eigenvalue weighted by Crippen LogP contribution is -2.57. The first-order valence-electron chi connectivity index (χ1n) is 12.5. The Morgan fingerprint density at radius 2 is 1.84 bits per heavy atom. The van der Waals surface area contributed by atoms with E-state index in [9.17, 15) is 19.6 Å². The average molecular weight is 518 g/mol. The molecule has 2 heterocycles. The lowest BCUT2D eigenvalue weighted by molar-refractivity contribution is -0.148. The minimum atomic E-state index is -1.75. The van der Waals surface area contributed by atoms with Crippen LogP contribution in [-0.4, -0.2) is 64.4 Å². The molecule has 4 rings (SSSR count). The molecule has 1 aliphatic heterocycles. The zero-order valence-electron chi connectivity index (χ0n) is 21.3. The Kier molecular flexibility index (Phi) is 8.60. The van der Waals surface area contributed by atoms with E-state index in [0.717, 1.165) is 10.8 Å². The number of para-hydroxylation sites is 1. The zero-order chi connectivity index (χ0) is 27.1. The third-order valence-electron chi connectivity index (χ3n) is 6.21. The van der Waals surface area contributed by atoms with Gasteiger partial charge in [0.2, 0.25) is 0 Å². The number of pyridine rings is 1. The summed E-state index contributed by atoms with van der Waals surface area (Å²) in [5.41, 5.74) is -0.847. The predicted octanol–water partition coefficient (Wildman–Crippen LogP) is 2.10. The number of aromatic nitrogens is 1. The van der Waals surface area contributed by atoms with Crippen LogP contribution in [0.3, 0.4) is 0 Å². The van der Waals surface area contributed by atoms with Crippen LogP contribution in [0.15, 0.2) is 72.0 Å². The first kappa shape index (κ1) is 27.1. The normalized spacial score (nSPS) is 17.4. The molecule has 4 N–H and O–H groups in total. The minimum absolute atomic E-state index is 0.0299. The van der Waals surface area contributed by atoms with E-state index in [1.165, 1.54) is 0 Å². The Hall–Kier alpha value is -3.96. The first-order chi connectivity index (χ1) is 18.3. The molecule has 1 aromatic heterocycles. The number of carbonyl (C=O) groups excluding carboxylic acids is 2.